The summed E-state index contributed by atoms with van der Waals surface area (Å²) in [6, 6.07) is 67.3. The number of hydrogen-bond acceptors (Lipinski definition) is 2. The van der Waals surface area contributed by atoms with Crippen molar-refractivity contribution < 1.29 is 8.83 Å². The fraction of sp³-hybridized carbons (Fsp3) is 0. The van der Waals surface area contributed by atoms with Crippen LogP contribution in [0.15, 0.2) is 197 Å². The maximum Gasteiger partial charge on any atom is 0.143 e. The van der Waals surface area contributed by atoms with Gasteiger partial charge in [0, 0.05) is 32.7 Å². The van der Waals surface area contributed by atoms with Crippen LogP contribution in [0.3, 0.4) is 0 Å². The van der Waals surface area contributed by atoms with Crippen molar-refractivity contribution >= 4 is 67.7 Å². The van der Waals surface area contributed by atoms with Gasteiger partial charge in [-0.1, -0.05) is 158 Å². The Labute approximate surface area is 297 Å². The van der Waals surface area contributed by atoms with Crippen molar-refractivity contribution in [3.8, 4) is 33.4 Å². The molecule has 8 aromatic carbocycles. The van der Waals surface area contributed by atoms with Gasteiger partial charge in [0.1, 0.15) is 22.3 Å². The summed E-state index contributed by atoms with van der Waals surface area (Å²) in [5.41, 5.74) is 10.2. The van der Waals surface area contributed by atoms with E-state index in [1.807, 2.05) is 24.3 Å². The van der Waals surface area contributed by atoms with Crippen molar-refractivity contribution in [1.29, 1.82) is 0 Å². The minimum Gasteiger partial charge on any atom is -0.455 e. The molecule has 0 unspecified atom stereocenters. The van der Waals surface area contributed by atoms with Crippen molar-refractivity contribution in [3.05, 3.63) is 188 Å². The first-order valence-corrected chi connectivity index (χ1v) is 18.6. The molecule has 0 atom stereocenters. The Morgan fingerprint density at radius 3 is 1.22 bits per heavy atom. The zero-order valence-electron chi connectivity index (χ0n) is 27.7. The third-order valence-corrected chi connectivity index (χ3v) is 12.3. The van der Waals surface area contributed by atoms with Gasteiger partial charge in [-0.05, 0) is 76.4 Å². The summed E-state index contributed by atoms with van der Waals surface area (Å²) < 4.78 is 13.1. The lowest BCUT2D eigenvalue weighted by molar-refractivity contribution is 0.670. The highest BCUT2D eigenvalue weighted by Crippen LogP contribution is 2.42. The first kappa shape index (κ1) is 29.7. The van der Waals surface area contributed by atoms with Crippen LogP contribution in [0.1, 0.15) is 0 Å². The van der Waals surface area contributed by atoms with Gasteiger partial charge in [-0.2, -0.15) is 0 Å². The molecule has 0 radical (unpaired) electrons. The summed E-state index contributed by atoms with van der Waals surface area (Å²) in [4.78, 5) is 0. The third-order valence-electron chi connectivity index (χ3n) is 9.85. The molecule has 0 aliphatic rings. The van der Waals surface area contributed by atoms with Gasteiger partial charge in [-0.25, -0.2) is 0 Å². The molecule has 0 saturated carbocycles. The van der Waals surface area contributed by atoms with Crippen LogP contribution in [0.25, 0.3) is 77.3 Å². The number of furan rings is 2. The average Bonchev–Trinajstić information content (AvgIpc) is 3.78. The average molecular weight is 671 g/mol. The van der Waals surface area contributed by atoms with Gasteiger partial charge in [0.15, 0.2) is 0 Å². The minimum absolute atomic E-state index is 0.697. The Morgan fingerprint density at radius 1 is 0.294 bits per heavy atom. The van der Waals surface area contributed by atoms with Crippen molar-refractivity contribution in [3.63, 3.8) is 0 Å². The molecule has 10 aromatic rings. The lowest BCUT2D eigenvalue weighted by Gasteiger charge is -2.20. The molecular weight excluding hydrogens is 640 g/mol. The van der Waals surface area contributed by atoms with E-state index in [9.17, 15) is 0 Å². The second-order valence-corrected chi connectivity index (χ2v) is 15.1. The van der Waals surface area contributed by atoms with E-state index in [-0.39, 0.29) is 0 Å². The maximum absolute atomic E-state index is 6.55. The highest BCUT2D eigenvalue weighted by atomic mass is 31.1. The molecule has 0 aliphatic carbocycles. The molecule has 240 valence electrons. The number of benzene rings is 8. The number of hydrogen-bond donors (Lipinski definition) is 0. The summed E-state index contributed by atoms with van der Waals surface area (Å²) in [5.74, 6) is 0. The van der Waals surface area contributed by atoms with E-state index in [2.05, 4.69) is 164 Å². The summed E-state index contributed by atoms with van der Waals surface area (Å²) in [6.45, 7) is 0. The zero-order chi connectivity index (χ0) is 33.7. The van der Waals surface area contributed by atoms with Crippen LogP contribution in [0.4, 0.5) is 0 Å². The van der Waals surface area contributed by atoms with Crippen LogP contribution in [0, 0.1) is 0 Å². The Morgan fingerprint density at radius 2 is 0.706 bits per heavy atom. The fourth-order valence-corrected chi connectivity index (χ4v) is 9.74. The van der Waals surface area contributed by atoms with Gasteiger partial charge in [-0.3, -0.25) is 0 Å². The molecule has 2 aromatic heterocycles. The first-order chi connectivity index (χ1) is 25.3. The predicted octanol–water partition coefficient (Wildman–Crippen LogP) is 12.2. The molecule has 0 saturated heterocycles. The quantitative estimate of drug-likeness (QED) is 0.165. The molecule has 0 spiro atoms. The van der Waals surface area contributed by atoms with Crippen molar-refractivity contribution in [2.45, 2.75) is 0 Å². The molecule has 2 nitrogen and oxygen atoms in total. The first-order valence-electron chi connectivity index (χ1n) is 17.3. The van der Waals surface area contributed by atoms with E-state index in [0.29, 0.717) is 0 Å². The molecular formula is C48H31O2P. The summed E-state index contributed by atoms with van der Waals surface area (Å²) >= 11 is 0. The van der Waals surface area contributed by atoms with E-state index >= 15 is 0 Å². The highest BCUT2D eigenvalue weighted by Gasteiger charge is 2.19. The van der Waals surface area contributed by atoms with E-state index in [4.69, 9.17) is 8.83 Å². The predicted molar refractivity (Wildman–Crippen MR) is 216 cm³/mol. The van der Waals surface area contributed by atoms with Crippen LogP contribution in [-0.4, -0.2) is 0 Å². The molecule has 0 fully saturated rings. The summed E-state index contributed by atoms with van der Waals surface area (Å²) in [5, 5.41) is 8.50. The maximum atomic E-state index is 6.55. The van der Waals surface area contributed by atoms with Crippen LogP contribution < -0.4 is 15.9 Å². The lowest BCUT2D eigenvalue weighted by Crippen LogP contribution is -2.20. The zero-order valence-corrected chi connectivity index (χ0v) is 28.6. The standard InChI is InChI=1S/C48H31O2P/c1-3-13-36(14-4-1)51(37-15-5-2-6-16-37)38-27-25-32(26-28-38)33-29-34(39-19-11-21-43-41-17-7-9-23-45(41)49-47(39)43)31-35(30-33)40-20-12-22-44-42-18-8-10-24-46(42)50-48(40)44/h1-31H. The van der Waals surface area contributed by atoms with Crippen LogP contribution >= 0.6 is 7.92 Å². The molecule has 0 bridgehead atoms. The third kappa shape index (κ3) is 5.16. The van der Waals surface area contributed by atoms with Gasteiger partial charge in [-0.15, -0.1) is 0 Å². The van der Waals surface area contributed by atoms with E-state index in [1.165, 1.54) is 15.9 Å². The van der Waals surface area contributed by atoms with E-state index in [0.717, 1.165) is 77.3 Å². The molecule has 2 heterocycles. The number of fused-ring (bicyclic) bond motifs is 6. The minimum atomic E-state index is -0.697. The Balaban J connectivity index is 1.16. The van der Waals surface area contributed by atoms with E-state index < -0.39 is 7.92 Å². The van der Waals surface area contributed by atoms with Gasteiger partial charge in [0.05, 0.1) is 0 Å². The van der Waals surface area contributed by atoms with Gasteiger partial charge in [0.2, 0.25) is 0 Å². The Bertz CT molecular complexity index is 2680. The van der Waals surface area contributed by atoms with Crippen molar-refractivity contribution in [2.24, 2.45) is 0 Å². The number of para-hydroxylation sites is 4. The summed E-state index contributed by atoms with van der Waals surface area (Å²) in [7, 11) is -0.697. The molecule has 10 rings (SSSR count). The topological polar surface area (TPSA) is 26.3 Å². The van der Waals surface area contributed by atoms with Crippen molar-refractivity contribution in [2.75, 3.05) is 0 Å². The summed E-state index contributed by atoms with van der Waals surface area (Å²) in [6.07, 6.45) is 0. The van der Waals surface area contributed by atoms with Crippen LogP contribution in [0.5, 0.6) is 0 Å². The SMILES string of the molecule is c1ccc(P(c2ccccc2)c2ccc(-c3cc(-c4cccc5c4oc4ccccc45)cc(-c4cccc5c4oc4ccccc45)c3)cc2)cc1. The molecule has 51 heavy (non-hydrogen) atoms. The van der Waals surface area contributed by atoms with Crippen LogP contribution in [-0.2, 0) is 0 Å². The van der Waals surface area contributed by atoms with Gasteiger partial charge < -0.3 is 8.83 Å². The fourth-order valence-electron chi connectivity index (χ4n) is 7.46. The van der Waals surface area contributed by atoms with E-state index in [1.54, 1.807) is 0 Å². The van der Waals surface area contributed by atoms with Gasteiger partial charge >= 0.3 is 0 Å². The second-order valence-electron chi connectivity index (χ2n) is 12.9. The molecule has 0 aliphatic heterocycles. The smallest absolute Gasteiger partial charge is 0.143 e. The normalized spacial score (nSPS) is 11.7. The second kappa shape index (κ2) is 12.3. The van der Waals surface area contributed by atoms with Crippen molar-refractivity contribution in [1.82, 2.24) is 0 Å². The lowest BCUT2D eigenvalue weighted by atomic mass is 9.92. The Kier molecular flexibility index (Phi) is 7.15. The number of rotatable bonds is 6. The molecule has 0 N–H and O–H groups in total. The largest absolute Gasteiger partial charge is 0.455 e. The Hall–Kier alpha value is -6.21. The molecule has 0 amide bonds. The highest BCUT2D eigenvalue weighted by molar-refractivity contribution is 7.79. The van der Waals surface area contributed by atoms with Crippen LogP contribution in [0.2, 0.25) is 0 Å². The van der Waals surface area contributed by atoms with Gasteiger partial charge in [0.25, 0.3) is 0 Å². The molecule has 3 heteroatoms. The monoisotopic (exact) mass is 670 g/mol.